The van der Waals surface area contributed by atoms with Crippen molar-refractivity contribution in [2.75, 3.05) is 0 Å². The number of aromatic nitrogens is 2. The Morgan fingerprint density at radius 2 is 0.885 bits per heavy atom. The van der Waals surface area contributed by atoms with Crippen molar-refractivity contribution in [2.45, 2.75) is 0 Å². The summed E-state index contributed by atoms with van der Waals surface area (Å²) in [5, 5.41) is 9.25. The van der Waals surface area contributed by atoms with E-state index in [1.165, 1.54) is 21.7 Å². The Hall–Kier alpha value is -7.04. The number of nitrogens with zero attached hydrogens (tertiary/aromatic N) is 2. The monoisotopic (exact) mass is 664 g/mol. The summed E-state index contributed by atoms with van der Waals surface area (Å²) in [6.45, 7) is 0. The van der Waals surface area contributed by atoms with Crippen LogP contribution in [0.2, 0.25) is 0 Å². The Morgan fingerprint density at radius 1 is 0.308 bits per heavy atom. The van der Waals surface area contributed by atoms with Crippen molar-refractivity contribution in [3.05, 3.63) is 170 Å². The molecule has 0 radical (unpaired) electrons. The average molecular weight is 665 g/mol. The van der Waals surface area contributed by atoms with E-state index >= 15 is 0 Å². The van der Waals surface area contributed by atoms with Crippen LogP contribution in [-0.2, 0) is 0 Å². The summed E-state index contributed by atoms with van der Waals surface area (Å²) in [6.07, 6.45) is 0. The van der Waals surface area contributed by atoms with Crippen LogP contribution in [0.1, 0.15) is 0 Å². The van der Waals surface area contributed by atoms with Crippen molar-refractivity contribution in [1.82, 2.24) is 9.13 Å². The highest BCUT2D eigenvalue weighted by Gasteiger charge is 2.20. The second-order valence-corrected chi connectivity index (χ2v) is 13.7. The number of rotatable bonds is 3. The third-order valence-electron chi connectivity index (χ3n) is 10.9. The Bertz CT molecular complexity index is 3420. The maximum atomic E-state index is 6.54. The van der Waals surface area contributed by atoms with Crippen LogP contribution in [0.3, 0.4) is 0 Å². The summed E-state index contributed by atoms with van der Waals surface area (Å²) in [5.41, 5.74) is 12.8. The van der Waals surface area contributed by atoms with E-state index < -0.39 is 0 Å². The maximum absolute atomic E-state index is 6.54. The normalized spacial score (nSPS) is 12.2. The minimum absolute atomic E-state index is 0.910. The van der Waals surface area contributed by atoms with Gasteiger partial charge in [-0.1, -0.05) is 97.1 Å². The first-order chi connectivity index (χ1) is 25.8. The van der Waals surface area contributed by atoms with Crippen molar-refractivity contribution in [1.29, 1.82) is 0 Å². The molecule has 0 aliphatic heterocycles. The fraction of sp³-hybridized carbons (Fsp3) is 0. The van der Waals surface area contributed by atoms with Crippen LogP contribution >= 0.6 is 0 Å². The summed E-state index contributed by atoms with van der Waals surface area (Å²) in [6, 6.07) is 60.7. The smallest absolute Gasteiger partial charge is 0.145 e. The summed E-state index contributed by atoms with van der Waals surface area (Å²) >= 11 is 0. The Morgan fingerprint density at radius 3 is 1.62 bits per heavy atom. The fourth-order valence-electron chi connectivity index (χ4n) is 8.63. The van der Waals surface area contributed by atoms with Crippen LogP contribution < -0.4 is 0 Å². The van der Waals surface area contributed by atoms with E-state index in [-0.39, 0.29) is 0 Å². The Balaban J connectivity index is 1.05. The van der Waals surface area contributed by atoms with E-state index in [2.05, 4.69) is 161 Å². The van der Waals surface area contributed by atoms with Gasteiger partial charge >= 0.3 is 0 Å². The molecule has 242 valence electrons. The molecule has 52 heavy (non-hydrogen) atoms. The number of benzene rings is 8. The number of hydrogen-bond acceptors (Lipinski definition) is 2. The summed E-state index contributed by atoms with van der Waals surface area (Å²) in [4.78, 5) is 0. The molecule has 0 aliphatic rings. The number of furan rings is 2. The molecule has 0 N–H and O–H groups in total. The van der Waals surface area contributed by atoms with Crippen molar-refractivity contribution < 1.29 is 8.83 Å². The van der Waals surface area contributed by atoms with E-state index in [1.807, 2.05) is 18.2 Å². The topological polar surface area (TPSA) is 36.1 Å². The molecule has 0 atom stereocenters. The van der Waals surface area contributed by atoms with Gasteiger partial charge < -0.3 is 18.0 Å². The SMILES string of the molecule is c1cc(-c2cccc(-n3c4ccccc4c4c5oc6ccccc6c5ccc43)c2)cc(-n2c3ccccc3c3cc4oc5ccccc5c4cc32)c1. The highest BCUT2D eigenvalue weighted by atomic mass is 16.3. The lowest BCUT2D eigenvalue weighted by Gasteiger charge is -2.13. The summed E-state index contributed by atoms with van der Waals surface area (Å²) in [5.74, 6) is 0. The predicted molar refractivity (Wildman–Crippen MR) is 215 cm³/mol. The quantitative estimate of drug-likeness (QED) is 0.188. The molecule has 4 heteroatoms. The first-order valence-electron chi connectivity index (χ1n) is 17.7. The van der Waals surface area contributed by atoms with Gasteiger partial charge in [0.2, 0.25) is 0 Å². The second kappa shape index (κ2) is 10.3. The van der Waals surface area contributed by atoms with Gasteiger partial charge in [0.15, 0.2) is 0 Å². The molecule has 0 bridgehead atoms. The van der Waals surface area contributed by atoms with Crippen molar-refractivity contribution >= 4 is 87.5 Å². The zero-order valence-corrected chi connectivity index (χ0v) is 27.9. The third-order valence-corrected chi connectivity index (χ3v) is 10.9. The summed E-state index contributed by atoms with van der Waals surface area (Å²) < 4.78 is 17.6. The molecule has 4 nitrogen and oxygen atoms in total. The van der Waals surface area contributed by atoms with E-state index in [9.17, 15) is 0 Å². The molecule has 0 amide bonds. The van der Waals surface area contributed by atoms with Crippen LogP contribution in [0.4, 0.5) is 0 Å². The van der Waals surface area contributed by atoms with Gasteiger partial charge in [-0.05, 0) is 83.9 Å². The van der Waals surface area contributed by atoms with E-state index in [0.717, 1.165) is 88.3 Å². The first kappa shape index (κ1) is 27.7. The van der Waals surface area contributed by atoms with Crippen molar-refractivity contribution in [3.8, 4) is 22.5 Å². The Kier molecular flexibility index (Phi) is 5.47. The highest BCUT2D eigenvalue weighted by molar-refractivity contribution is 6.24. The van der Waals surface area contributed by atoms with Crippen LogP contribution in [0, 0.1) is 0 Å². The lowest BCUT2D eigenvalue weighted by molar-refractivity contribution is 0.669. The van der Waals surface area contributed by atoms with E-state index in [0.29, 0.717) is 0 Å². The number of fused-ring (bicyclic) bond motifs is 13. The Labute approximate surface area is 296 Å². The van der Waals surface area contributed by atoms with E-state index in [4.69, 9.17) is 8.83 Å². The van der Waals surface area contributed by atoms with Gasteiger partial charge in [0.25, 0.3) is 0 Å². The first-order valence-corrected chi connectivity index (χ1v) is 17.7. The molecular formula is C48H28N2O2. The maximum Gasteiger partial charge on any atom is 0.145 e. The number of hydrogen-bond donors (Lipinski definition) is 0. The molecule has 0 saturated heterocycles. The van der Waals surface area contributed by atoms with Crippen LogP contribution in [0.5, 0.6) is 0 Å². The second-order valence-electron chi connectivity index (χ2n) is 13.7. The van der Waals surface area contributed by atoms with Gasteiger partial charge in [-0.15, -0.1) is 0 Å². The van der Waals surface area contributed by atoms with Crippen LogP contribution in [-0.4, -0.2) is 9.13 Å². The molecule has 12 rings (SSSR count). The molecule has 4 aromatic heterocycles. The lowest BCUT2D eigenvalue weighted by atomic mass is 10.0. The van der Waals surface area contributed by atoms with Crippen LogP contribution in [0.25, 0.3) is 110 Å². The zero-order valence-electron chi connectivity index (χ0n) is 27.9. The number of para-hydroxylation sites is 4. The third kappa shape index (κ3) is 3.75. The van der Waals surface area contributed by atoms with E-state index in [1.54, 1.807) is 0 Å². The van der Waals surface area contributed by atoms with Gasteiger partial charge in [0.1, 0.15) is 22.3 Å². The molecule has 8 aromatic carbocycles. The van der Waals surface area contributed by atoms with Gasteiger partial charge in [0.05, 0.1) is 27.5 Å². The molecule has 0 saturated carbocycles. The standard InChI is InChI=1S/C48H28N2O2/c1-5-19-40-33(15-1)38-28-46-39(35-17-4-7-21-44(35)51-46)27-43(38)50(40)32-14-10-12-30(26-32)29-11-9-13-31(25-29)49-41-20-6-2-18-37(41)47-42(49)24-23-36-34-16-3-8-22-45(34)52-48(36)47/h1-28H. The summed E-state index contributed by atoms with van der Waals surface area (Å²) in [7, 11) is 0. The van der Waals surface area contributed by atoms with Crippen molar-refractivity contribution in [3.63, 3.8) is 0 Å². The minimum atomic E-state index is 0.910. The molecule has 0 unspecified atom stereocenters. The average Bonchev–Trinajstić information content (AvgIpc) is 3.94. The van der Waals surface area contributed by atoms with Gasteiger partial charge in [-0.25, -0.2) is 0 Å². The van der Waals surface area contributed by atoms with Gasteiger partial charge in [-0.2, -0.15) is 0 Å². The van der Waals surface area contributed by atoms with Gasteiger partial charge in [0, 0.05) is 49.1 Å². The molecule has 0 aliphatic carbocycles. The molecule has 0 spiro atoms. The molecule has 12 aromatic rings. The molecular weight excluding hydrogens is 637 g/mol. The fourth-order valence-corrected chi connectivity index (χ4v) is 8.63. The highest BCUT2D eigenvalue weighted by Crippen LogP contribution is 2.42. The minimum Gasteiger partial charge on any atom is -0.456 e. The zero-order chi connectivity index (χ0) is 33.9. The predicted octanol–water partition coefficient (Wildman–Crippen LogP) is 13.3. The van der Waals surface area contributed by atoms with Crippen molar-refractivity contribution in [2.24, 2.45) is 0 Å². The molecule has 0 fully saturated rings. The lowest BCUT2D eigenvalue weighted by Crippen LogP contribution is -1.96. The molecule has 4 heterocycles. The largest absolute Gasteiger partial charge is 0.456 e. The van der Waals surface area contributed by atoms with Gasteiger partial charge in [-0.3, -0.25) is 0 Å². The van der Waals surface area contributed by atoms with Crippen LogP contribution in [0.15, 0.2) is 179 Å².